The second-order valence-corrected chi connectivity index (χ2v) is 8.91. The fourth-order valence-corrected chi connectivity index (χ4v) is 4.26. The molecule has 4 nitrogen and oxygen atoms in total. The number of hydrogen-bond acceptors (Lipinski definition) is 3. The lowest BCUT2D eigenvalue weighted by Gasteiger charge is -2.18. The van der Waals surface area contributed by atoms with E-state index in [9.17, 15) is 4.79 Å². The minimum atomic E-state index is -0.281. The van der Waals surface area contributed by atoms with Crippen molar-refractivity contribution in [2.45, 2.75) is 52.2 Å². The quantitative estimate of drug-likeness (QED) is 0.326. The summed E-state index contributed by atoms with van der Waals surface area (Å²) in [7, 11) is 0. The van der Waals surface area contributed by atoms with E-state index in [0.717, 1.165) is 18.4 Å². The first-order chi connectivity index (χ1) is 15.3. The van der Waals surface area contributed by atoms with Gasteiger partial charge >= 0.3 is 0 Å². The van der Waals surface area contributed by atoms with Crippen LogP contribution in [-0.4, -0.2) is 5.91 Å². The summed E-state index contributed by atoms with van der Waals surface area (Å²) in [6.45, 7) is 6.49. The van der Waals surface area contributed by atoms with Gasteiger partial charge in [0.1, 0.15) is 12.4 Å². The Bertz CT molecular complexity index is 1040. The van der Waals surface area contributed by atoms with Crippen molar-refractivity contribution in [2.75, 3.05) is 0 Å². The van der Waals surface area contributed by atoms with Crippen molar-refractivity contribution in [1.82, 2.24) is 5.32 Å². The van der Waals surface area contributed by atoms with Crippen LogP contribution < -0.4 is 10.1 Å². The van der Waals surface area contributed by atoms with Crippen LogP contribution in [0.5, 0.6) is 5.75 Å². The molecular formula is C25H26Cl3NO3. The molecule has 0 aliphatic carbocycles. The maximum absolute atomic E-state index is 12.7. The van der Waals surface area contributed by atoms with Crippen LogP contribution in [0.1, 0.15) is 73.0 Å². The zero-order chi connectivity index (χ0) is 23.3. The Hall–Kier alpha value is -2.14. The largest absolute Gasteiger partial charge is 0.483 e. The van der Waals surface area contributed by atoms with Gasteiger partial charge in [0.05, 0.1) is 16.1 Å². The molecule has 0 spiro atoms. The highest BCUT2D eigenvalue weighted by Gasteiger charge is 2.18. The van der Waals surface area contributed by atoms with E-state index in [1.54, 1.807) is 24.3 Å². The van der Waals surface area contributed by atoms with E-state index >= 15 is 0 Å². The maximum Gasteiger partial charge on any atom is 0.287 e. The third-order valence-corrected chi connectivity index (χ3v) is 6.22. The highest BCUT2D eigenvalue weighted by atomic mass is 35.5. The molecule has 1 aromatic heterocycles. The van der Waals surface area contributed by atoms with Crippen molar-refractivity contribution in [2.24, 2.45) is 0 Å². The van der Waals surface area contributed by atoms with Gasteiger partial charge in [-0.1, -0.05) is 79.8 Å². The average molecular weight is 495 g/mol. The fourth-order valence-electron chi connectivity index (χ4n) is 3.33. The first kappa shape index (κ1) is 24.5. The fraction of sp³-hybridized carbons (Fsp3) is 0.320. The summed E-state index contributed by atoms with van der Waals surface area (Å²) < 4.78 is 11.3. The Labute approximate surface area is 203 Å². The van der Waals surface area contributed by atoms with Crippen LogP contribution in [0.3, 0.4) is 0 Å². The predicted molar refractivity (Wildman–Crippen MR) is 130 cm³/mol. The summed E-state index contributed by atoms with van der Waals surface area (Å²) in [5.74, 6) is 1.23. The van der Waals surface area contributed by atoms with E-state index in [-0.39, 0.29) is 24.3 Å². The van der Waals surface area contributed by atoms with Crippen molar-refractivity contribution in [3.63, 3.8) is 0 Å². The molecule has 7 heteroatoms. The number of rotatable bonds is 9. The van der Waals surface area contributed by atoms with Crippen LogP contribution in [0.4, 0.5) is 0 Å². The molecule has 3 rings (SSSR count). The second kappa shape index (κ2) is 11.1. The van der Waals surface area contributed by atoms with Gasteiger partial charge in [0, 0.05) is 5.02 Å². The molecule has 2 atom stereocenters. The van der Waals surface area contributed by atoms with Crippen molar-refractivity contribution in [1.29, 1.82) is 0 Å². The van der Waals surface area contributed by atoms with Gasteiger partial charge in [0.2, 0.25) is 0 Å². The Morgan fingerprint density at radius 3 is 2.19 bits per heavy atom. The summed E-state index contributed by atoms with van der Waals surface area (Å²) in [6.07, 6.45) is 1.85. The molecule has 0 fully saturated rings. The normalized spacial score (nSPS) is 12.9. The van der Waals surface area contributed by atoms with E-state index in [4.69, 9.17) is 44.0 Å². The number of ether oxygens (including phenoxy) is 1. The monoisotopic (exact) mass is 493 g/mol. The Balaban J connectivity index is 1.63. The molecule has 0 radical (unpaired) electrons. The minimum absolute atomic E-state index is 0.0721. The van der Waals surface area contributed by atoms with E-state index in [1.165, 1.54) is 5.56 Å². The molecule has 32 heavy (non-hydrogen) atoms. The van der Waals surface area contributed by atoms with E-state index in [1.807, 2.05) is 6.92 Å². The molecule has 0 saturated carbocycles. The first-order valence-electron chi connectivity index (χ1n) is 10.6. The third-order valence-electron chi connectivity index (χ3n) is 5.44. The number of carbonyl (C=O) groups excluding carboxylic acids is 1. The van der Waals surface area contributed by atoms with E-state index in [2.05, 4.69) is 43.4 Å². The molecule has 1 N–H and O–H groups in total. The summed E-state index contributed by atoms with van der Waals surface area (Å²) >= 11 is 18.2. The van der Waals surface area contributed by atoms with Crippen molar-refractivity contribution in [3.05, 3.63) is 86.2 Å². The van der Waals surface area contributed by atoms with Crippen LogP contribution in [-0.2, 0) is 6.61 Å². The van der Waals surface area contributed by atoms with E-state index in [0.29, 0.717) is 32.5 Å². The highest BCUT2D eigenvalue weighted by Crippen LogP contribution is 2.36. The molecule has 0 bridgehead atoms. The lowest BCUT2D eigenvalue weighted by molar-refractivity contribution is 0.0903. The molecule has 1 amide bonds. The highest BCUT2D eigenvalue weighted by molar-refractivity contribution is 6.40. The SMILES string of the molecule is CCC(C)c1ccc(C(CC)NC(=O)c2ccc(COc3c(Cl)cc(Cl)cc3Cl)o2)cc1. The van der Waals surface area contributed by atoms with Gasteiger partial charge in [-0.05, 0) is 54.2 Å². The first-order valence-corrected chi connectivity index (χ1v) is 11.7. The minimum Gasteiger partial charge on any atom is -0.483 e. The number of amides is 1. The summed E-state index contributed by atoms with van der Waals surface area (Å²) in [4.78, 5) is 12.7. The van der Waals surface area contributed by atoms with Gasteiger partial charge in [-0.2, -0.15) is 0 Å². The molecule has 1 heterocycles. The van der Waals surface area contributed by atoms with Crippen LogP contribution in [0.2, 0.25) is 15.1 Å². The number of furan rings is 1. The van der Waals surface area contributed by atoms with Crippen LogP contribution in [0.25, 0.3) is 0 Å². The molecule has 2 aromatic carbocycles. The zero-order valence-electron chi connectivity index (χ0n) is 18.3. The van der Waals surface area contributed by atoms with Crippen LogP contribution in [0.15, 0.2) is 52.9 Å². The lowest BCUT2D eigenvalue weighted by atomic mass is 9.95. The number of nitrogens with one attached hydrogen (secondary N) is 1. The lowest BCUT2D eigenvalue weighted by Crippen LogP contribution is -2.27. The van der Waals surface area contributed by atoms with Gasteiger partial charge in [-0.15, -0.1) is 0 Å². The molecular weight excluding hydrogens is 469 g/mol. The molecule has 2 unspecified atom stereocenters. The van der Waals surface area contributed by atoms with Gasteiger partial charge in [-0.25, -0.2) is 0 Å². The van der Waals surface area contributed by atoms with Gasteiger partial charge in [0.25, 0.3) is 5.91 Å². The standard InChI is InChI=1S/C25H26Cl3NO3/c1-4-15(3)16-6-8-17(9-7-16)22(5-2)29-25(30)23-11-10-19(32-23)14-31-24-20(27)12-18(26)13-21(24)28/h6-13,15,22H,4-5,14H2,1-3H3,(H,29,30). The Morgan fingerprint density at radius 1 is 0.969 bits per heavy atom. The molecule has 0 aliphatic heterocycles. The maximum atomic E-state index is 12.7. The van der Waals surface area contributed by atoms with Crippen LogP contribution in [0, 0.1) is 0 Å². The van der Waals surface area contributed by atoms with Crippen LogP contribution >= 0.6 is 34.8 Å². The van der Waals surface area contributed by atoms with Crippen molar-refractivity contribution < 1.29 is 13.9 Å². The summed E-state index contributed by atoms with van der Waals surface area (Å²) in [6, 6.07) is 14.7. The molecule has 0 saturated heterocycles. The Kier molecular flexibility index (Phi) is 8.52. The number of carbonyl (C=O) groups is 1. The third kappa shape index (κ3) is 6.00. The van der Waals surface area contributed by atoms with Gasteiger partial charge < -0.3 is 14.5 Å². The summed E-state index contributed by atoms with van der Waals surface area (Å²) in [5.41, 5.74) is 2.36. The molecule has 0 aliphatic rings. The summed E-state index contributed by atoms with van der Waals surface area (Å²) in [5, 5.41) is 4.07. The Morgan fingerprint density at radius 2 is 1.59 bits per heavy atom. The average Bonchev–Trinajstić information content (AvgIpc) is 3.25. The molecule has 170 valence electrons. The number of halogens is 3. The topological polar surface area (TPSA) is 51.5 Å². The smallest absolute Gasteiger partial charge is 0.287 e. The van der Waals surface area contributed by atoms with Gasteiger partial charge in [-0.3, -0.25) is 4.79 Å². The molecule has 3 aromatic rings. The zero-order valence-corrected chi connectivity index (χ0v) is 20.5. The predicted octanol–water partition coefficient (Wildman–Crippen LogP) is 8.21. The van der Waals surface area contributed by atoms with Crippen molar-refractivity contribution >= 4 is 40.7 Å². The number of benzene rings is 2. The van der Waals surface area contributed by atoms with Gasteiger partial charge in [0.15, 0.2) is 11.5 Å². The number of hydrogen-bond donors (Lipinski definition) is 1. The van der Waals surface area contributed by atoms with E-state index < -0.39 is 0 Å². The van der Waals surface area contributed by atoms with Crippen molar-refractivity contribution in [3.8, 4) is 5.75 Å². The second-order valence-electron chi connectivity index (χ2n) is 7.66.